The second-order valence-corrected chi connectivity index (χ2v) is 9.55. The summed E-state index contributed by atoms with van der Waals surface area (Å²) >= 11 is 0. The van der Waals surface area contributed by atoms with Gasteiger partial charge in [-0.1, -0.05) is 0 Å². The topological polar surface area (TPSA) is 115 Å². The molecule has 3 aliphatic rings. The molecule has 1 amide bonds. The number of hydrogen-bond donors (Lipinski definition) is 1. The second-order valence-electron chi connectivity index (χ2n) is 9.55. The molecule has 2 fully saturated rings. The zero-order valence-electron chi connectivity index (χ0n) is 19.5. The predicted octanol–water partition coefficient (Wildman–Crippen LogP) is 1.38. The van der Waals surface area contributed by atoms with Crippen LogP contribution < -0.4 is 11.4 Å². The normalized spacial score (nSPS) is 20.9. The lowest BCUT2D eigenvalue weighted by Gasteiger charge is -2.40. The van der Waals surface area contributed by atoms with Crippen LogP contribution in [0, 0.1) is 0 Å². The van der Waals surface area contributed by atoms with Gasteiger partial charge in [0.15, 0.2) is 11.5 Å². The minimum Gasteiger partial charge on any atom is -0.368 e. The third kappa shape index (κ3) is 4.13. The number of hydrogen-bond acceptors (Lipinski definition) is 7. The second kappa shape index (κ2) is 8.94. The van der Waals surface area contributed by atoms with E-state index in [1.807, 2.05) is 6.21 Å². The fourth-order valence-corrected chi connectivity index (χ4v) is 5.35. The number of aliphatic imine (C=N–C) groups is 1. The van der Waals surface area contributed by atoms with E-state index in [-0.39, 0.29) is 30.5 Å². The van der Waals surface area contributed by atoms with Gasteiger partial charge in [0.2, 0.25) is 5.95 Å². The van der Waals surface area contributed by atoms with E-state index in [9.17, 15) is 9.59 Å². The number of nitrogens with zero attached hydrogens (tertiary/aromatic N) is 7. The largest absolute Gasteiger partial charge is 0.368 e. The summed E-state index contributed by atoms with van der Waals surface area (Å²) in [5.41, 5.74) is 5.51. The molecule has 2 N–H and O–H groups in total. The maximum atomic E-state index is 15.7. The highest BCUT2D eigenvalue weighted by Crippen LogP contribution is 2.34. The van der Waals surface area contributed by atoms with Crippen LogP contribution in [-0.4, -0.2) is 72.9 Å². The molecule has 0 spiro atoms. The van der Waals surface area contributed by atoms with Crippen LogP contribution in [0.15, 0.2) is 22.2 Å². The monoisotopic (exact) mass is 470 g/mol. The molecule has 10 nitrogen and oxygen atoms in total. The van der Waals surface area contributed by atoms with E-state index in [2.05, 4.69) is 19.9 Å². The first-order valence-corrected chi connectivity index (χ1v) is 12.0. The number of rotatable bonds is 4. The number of nitrogens with two attached hydrogens (primary N) is 1. The van der Waals surface area contributed by atoms with E-state index in [1.54, 1.807) is 33.5 Å². The Morgan fingerprint density at radius 1 is 1.18 bits per heavy atom. The molecule has 2 saturated heterocycles. The molecule has 5 heterocycles. The van der Waals surface area contributed by atoms with Crippen molar-refractivity contribution in [1.82, 2.24) is 28.9 Å². The van der Waals surface area contributed by atoms with Crippen molar-refractivity contribution in [1.29, 1.82) is 0 Å². The smallest absolute Gasteiger partial charge is 0.330 e. The van der Waals surface area contributed by atoms with E-state index in [4.69, 9.17) is 5.73 Å². The van der Waals surface area contributed by atoms with Crippen LogP contribution in [0.2, 0.25) is 0 Å². The average molecular weight is 471 g/mol. The predicted molar refractivity (Wildman–Crippen MR) is 126 cm³/mol. The Kier molecular flexibility index (Phi) is 5.97. The van der Waals surface area contributed by atoms with Crippen molar-refractivity contribution < 1.29 is 9.18 Å². The first-order valence-electron chi connectivity index (χ1n) is 12.0. The summed E-state index contributed by atoms with van der Waals surface area (Å²) in [6.45, 7) is 2.48. The van der Waals surface area contributed by atoms with E-state index >= 15 is 4.39 Å². The number of amides is 1. The number of aromatic nitrogens is 4. The van der Waals surface area contributed by atoms with Crippen LogP contribution >= 0.6 is 0 Å². The number of anilines is 1. The maximum Gasteiger partial charge on any atom is 0.330 e. The van der Waals surface area contributed by atoms with Crippen molar-refractivity contribution in [2.45, 2.75) is 56.8 Å². The molecule has 34 heavy (non-hydrogen) atoms. The van der Waals surface area contributed by atoms with Crippen molar-refractivity contribution in [3.63, 3.8) is 0 Å². The SMILES string of the molecule is Cn1c2c(n(C3CCN(C(=O)C4(F)CCN(Cc5cnc(N)nc5)CC4)CC3)c1=O)N=CCC2. The van der Waals surface area contributed by atoms with Crippen molar-refractivity contribution in [2.75, 3.05) is 31.9 Å². The van der Waals surface area contributed by atoms with Gasteiger partial charge in [0, 0.05) is 82.8 Å². The Hall–Kier alpha value is -3.08. The van der Waals surface area contributed by atoms with Crippen LogP contribution in [0.3, 0.4) is 0 Å². The van der Waals surface area contributed by atoms with Crippen LogP contribution in [0.1, 0.15) is 49.4 Å². The lowest BCUT2D eigenvalue weighted by atomic mass is 9.90. The highest BCUT2D eigenvalue weighted by Gasteiger charge is 2.45. The Morgan fingerprint density at radius 3 is 2.53 bits per heavy atom. The van der Waals surface area contributed by atoms with Crippen LogP contribution in [0.25, 0.3) is 0 Å². The summed E-state index contributed by atoms with van der Waals surface area (Å²) in [5, 5.41) is 0. The number of nitrogen functional groups attached to an aromatic ring is 1. The molecule has 2 aromatic rings. The van der Waals surface area contributed by atoms with Crippen LogP contribution in [0.5, 0.6) is 0 Å². The fourth-order valence-electron chi connectivity index (χ4n) is 5.35. The Labute approximate surface area is 197 Å². The number of alkyl halides is 1. The molecule has 0 aliphatic carbocycles. The highest BCUT2D eigenvalue weighted by molar-refractivity contribution is 5.85. The van der Waals surface area contributed by atoms with Gasteiger partial charge in [0.1, 0.15) is 0 Å². The molecule has 0 bridgehead atoms. The summed E-state index contributed by atoms with van der Waals surface area (Å²) in [6, 6.07) is -0.0266. The van der Waals surface area contributed by atoms with E-state index in [0.717, 1.165) is 29.9 Å². The lowest BCUT2D eigenvalue weighted by Crippen LogP contribution is -2.54. The van der Waals surface area contributed by atoms with Crippen LogP contribution in [0.4, 0.5) is 16.2 Å². The molecule has 3 aliphatic heterocycles. The van der Waals surface area contributed by atoms with Crippen molar-refractivity contribution in [3.05, 3.63) is 34.1 Å². The molecule has 0 radical (unpaired) electrons. The van der Waals surface area contributed by atoms with Gasteiger partial charge in [0.05, 0.1) is 5.69 Å². The van der Waals surface area contributed by atoms with Crippen molar-refractivity contribution in [3.8, 4) is 0 Å². The van der Waals surface area contributed by atoms with Gasteiger partial charge >= 0.3 is 5.69 Å². The molecule has 0 saturated carbocycles. The molecule has 182 valence electrons. The van der Waals surface area contributed by atoms with Gasteiger partial charge in [-0.3, -0.25) is 18.8 Å². The number of halogens is 1. The molecule has 0 atom stereocenters. The van der Waals surface area contributed by atoms with Gasteiger partial charge in [0.25, 0.3) is 5.91 Å². The van der Waals surface area contributed by atoms with Gasteiger partial charge < -0.3 is 10.6 Å². The highest BCUT2D eigenvalue weighted by atomic mass is 19.1. The Bertz CT molecular complexity index is 1140. The van der Waals surface area contributed by atoms with Crippen molar-refractivity contribution >= 4 is 23.9 Å². The van der Waals surface area contributed by atoms with Gasteiger partial charge in [-0.05, 0) is 25.7 Å². The molecular formula is C23H31FN8O2. The third-order valence-electron chi connectivity index (χ3n) is 7.39. The Morgan fingerprint density at radius 2 is 1.85 bits per heavy atom. The maximum absolute atomic E-state index is 15.7. The molecule has 0 aromatic carbocycles. The number of imidazole rings is 1. The molecular weight excluding hydrogens is 439 g/mol. The number of piperidine rings is 2. The quantitative estimate of drug-likeness (QED) is 0.722. The summed E-state index contributed by atoms with van der Waals surface area (Å²) in [7, 11) is 1.79. The number of fused-ring (bicyclic) bond motifs is 1. The van der Waals surface area contributed by atoms with Gasteiger partial charge in [-0.2, -0.15) is 0 Å². The zero-order chi connectivity index (χ0) is 23.9. The number of carbonyl (C=O) groups is 1. The standard InChI is InChI=1S/C23H31FN8O2/c1-29-18-3-2-8-26-19(18)32(22(29)34)17-4-9-31(10-5-17)20(33)23(24)6-11-30(12-7-23)15-16-13-27-21(25)28-14-16/h8,13-14,17H,2-7,9-12,15H2,1H3,(H2,25,27,28). The molecule has 0 unspecified atom stereocenters. The molecule has 11 heteroatoms. The Balaban J connectivity index is 1.18. The summed E-state index contributed by atoms with van der Waals surface area (Å²) < 4.78 is 19.2. The first-order chi connectivity index (χ1) is 16.4. The van der Waals surface area contributed by atoms with E-state index < -0.39 is 11.6 Å². The molecule has 5 rings (SSSR count). The lowest BCUT2D eigenvalue weighted by molar-refractivity contribution is -0.148. The minimum atomic E-state index is -1.84. The molecule has 2 aromatic heterocycles. The fraction of sp³-hybridized carbons (Fsp3) is 0.609. The summed E-state index contributed by atoms with van der Waals surface area (Å²) in [5.74, 6) is 0.551. The third-order valence-corrected chi connectivity index (χ3v) is 7.39. The van der Waals surface area contributed by atoms with E-state index in [1.165, 1.54) is 0 Å². The van der Waals surface area contributed by atoms with E-state index in [0.29, 0.717) is 45.6 Å². The van der Waals surface area contributed by atoms with Crippen LogP contribution in [-0.2, 0) is 24.8 Å². The van der Waals surface area contributed by atoms with Gasteiger partial charge in [-0.25, -0.2) is 24.1 Å². The number of carbonyl (C=O) groups excluding carboxylic acids is 1. The minimum absolute atomic E-state index is 0.0266. The summed E-state index contributed by atoms with van der Waals surface area (Å²) in [6.07, 6.45) is 8.43. The zero-order valence-corrected chi connectivity index (χ0v) is 19.5. The van der Waals surface area contributed by atoms with Gasteiger partial charge in [-0.15, -0.1) is 0 Å². The van der Waals surface area contributed by atoms with Crippen molar-refractivity contribution in [2.24, 2.45) is 12.0 Å². The number of likely N-dealkylation sites (tertiary alicyclic amines) is 2. The average Bonchev–Trinajstić information content (AvgIpc) is 3.12. The first kappa shape index (κ1) is 22.7. The summed E-state index contributed by atoms with van der Waals surface area (Å²) in [4.78, 5) is 42.2.